The highest BCUT2D eigenvalue weighted by atomic mass is 32.1. The zero-order chi connectivity index (χ0) is 12.0. The molecule has 2 atom stereocenters. The quantitative estimate of drug-likeness (QED) is 0.531. The summed E-state index contributed by atoms with van der Waals surface area (Å²) < 4.78 is 0. The summed E-state index contributed by atoms with van der Waals surface area (Å²) in [7, 11) is 0. The van der Waals surface area contributed by atoms with Crippen molar-refractivity contribution < 1.29 is 9.59 Å². The van der Waals surface area contributed by atoms with Crippen LogP contribution in [0.25, 0.3) is 0 Å². The second-order valence-electron chi connectivity index (χ2n) is 4.44. The Labute approximate surface area is 99.5 Å². The summed E-state index contributed by atoms with van der Waals surface area (Å²) in [6.45, 7) is 4.20. The lowest BCUT2D eigenvalue weighted by molar-refractivity contribution is 0.113. The predicted molar refractivity (Wildman–Crippen MR) is 62.2 cm³/mol. The third-order valence-electron chi connectivity index (χ3n) is 3.38. The van der Waals surface area contributed by atoms with Gasteiger partial charge in [0.1, 0.15) is 0 Å². The summed E-state index contributed by atoms with van der Waals surface area (Å²) in [5, 5.41) is 8.31. The topological polar surface area (TPSA) is 73.5 Å². The Balaban J connectivity index is 2.26. The molecule has 2 unspecified atom stereocenters. The highest BCUT2D eigenvalue weighted by Crippen LogP contribution is 2.33. The maximum absolute atomic E-state index is 11.8. The lowest BCUT2D eigenvalue weighted by atomic mass is 9.99. The molecule has 4 amide bonds. The Kier molecular flexibility index (Phi) is 2.45. The number of fused-ring (bicyclic) bond motifs is 1. The average molecular weight is 244 g/mol. The van der Waals surface area contributed by atoms with Crippen LogP contribution in [0.1, 0.15) is 20.3 Å². The largest absolute Gasteiger partial charge is 0.321 e. The third kappa shape index (κ3) is 1.34. The molecule has 3 N–H and O–H groups in total. The highest BCUT2D eigenvalue weighted by molar-refractivity contribution is 7.80. The number of carbonyl (C=O) groups excluding carboxylic acids is 2. The molecule has 2 heterocycles. The van der Waals surface area contributed by atoms with E-state index < -0.39 is 11.3 Å². The minimum atomic E-state index is -0.752. The molecule has 2 aliphatic rings. The van der Waals surface area contributed by atoms with Crippen molar-refractivity contribution in [2.75, 3.05) is 12.3 Å². The molecule has 90 valence electrons. The van der Waals surface area contributed by atoms with Crippen molar-refractivity contribution in [2.45, 2.75) is 31.6 Å². The van der Waals surface area contributed by atoms with Crippen LogP contribution >= 0.6 is 12.6 Å². The number of thiol groups is 1. The van der Waals surface area contributed by atoms with Crippen molar-refractivity contribution in [2.24, 2.45) is 0 Å². The van der Waals surface area contributed by atoms with Crippen molar-refractivity contribution in [1.29, 1.82) is 0 Å². The van der Waals surface area contributed by atoms with Gasteiger partial charge in [0.2, 0.25) is 0 Å². The predicted octanol–water partition coefficient (Wildman–Crippen LogP) is 0.0767. The second-order valence-corrected chi connectivity index (χ2v) is 4.88. The van der Waals surface area contributed by atoms with E-state index in [-0.39, 0.29) is 12.1 Å². The summed E-state index contributed by atoms with van der Waals surface area (Å²) in [5.74, 6) is 0.706. The Morgan fingerprint density at radius 3 is 2.56 bits per heavy atom. The van der Waals surface area contributed by atoms with Gasteiger partial charge in [-0.1, -0.05) is 0 Å². The van der Waals surface area contributed by atoms with Gasteiger partial charge < -0.3 is 16.0 Å². The van der Waals surface area contributed by atoms with Gasteiger partial charge in [0.05, 0.1) is 0 Å². The van der Waals surface area contributed by atoms with E-state index in [0.717, 1.165) is 6.42 Å². The fourth-order valence-corrected chi connectivity index (χ4v) is 2.40. The van der Waals surface area contributed by atoms with Gasteiger partial charge in [-0.05, 0) is 26.0 Å². The summed E-state index contributed by atoms with van der Waals surface area (Å²) in [5.41, 5.74) is -1.47. The van der Waals surface area contributed by atoms with Crippen LogP contribution in [0.2, 0.25) is 0 Å². The van der Waals surface area contributed by atoms with Gasteiger partial charge >= 0.3 is 12.1 Å². The van der Waals surface area contributed by atoms with Gasteiger partial charge in [-0.3, -0.25) is 4.90 Å². The van der Waals surface area contributed by atoms with Gasteiger partial charge in [-0.15, -0.1) is 0 Å². The molecule has 0 radical (unpaired) electrons. The van der Waals surface area contributed by atoms with Crippen LogP contribution in [0.5, 0.6) is 0 Å². The van der Waals surface area contributed by atoms with Crippen molar-refractivity contribution in [3.05, 3.63) is 0 Å². The monoisotopic (exact) mass is 244 g/mol. The molecule has 6 nitrogen and oxygen atoms in total. The molecule has 7 heteroatoms. The van der Waals surface area contributed by atoms with Gasteiger partial charge in [0.25, 0.3) is 0 Å². The Hall–Kier alpha value is -1.11. The van der Waals surface area contributed by atoms with Crippen LogP contribution in [0.15, 0.2) is 0 Å². The molecule has 0 saturated carbocycles. The van der Waals surface area contributed by atoms with E-state index >= 15 is 0 Å². The van der Waals surface area contributed by atoms with E-state index in [0.29, 0.717) is 12.3 Å². The van der Waals surface area contributed by atoms with E-state index in [1.807, 2.05) is 6.92 Å². The van der Waals surface area contributed by atoms with Gasteiger partial charge in [0, 0.05) is 6.54 Å². The van der Waals surface area contributed by atoms with E-state index in [1.54, 1.807) is 11.8 Å². The van der Waals surface area contributed by atoms with Crippen molar-refractivity contribution in [3.63, 3.8) is 0 Å². The Morgan fingerprint density at radius 2 is 1.94 bits per heavy atom. The molecule has 0 aromatic carbocycles. The van der Waals surface area contributed by atoms with Gasteiger partial charge in [-0.2, -0.15) is 12.6 Å². The number of hydrogen-bond donors (Lipinski definition) is 4. The van der Waals surface area contributed by atoms with Gasteiger partial charge in [-0.25, -0.2) is 9.59 Å². The molecule has 0 aromatic rings. The summed E-state index contributed by atoms with van der Waals surface area (Å²) in [6.07, 6.45) is 0.790. The van der Waals surface area contributed by atoms with Crippen LogP contribution in [-0.4, -0.2) is 40.6 Å². The number of amides is 4. The smallest absolute Gasteiger partial charge is 0.312 e. The highest BCUT2D eigenvalue weighted by Gasteiger charge is 2.63. The van der Waals surface area contributed by atoms with E-state index in [9.17, 15) is 9.59 Å². The minimum absolute atomic E-state index is 0.167. The standard InChI is InChI=1S/C9H16N4O2S/c1-8-9(2,11-6(14)10-8)13(4-3-5-16)7(15)12-8/h16H,3-5H2,1-2H3,(H,12,15)(H2,10,11,14). The SMILES string of the molecule is CC12NC(=O)NC1(C)N(CCCS)C(=O)N2. The molecule has 2 rings (SSSR count). The maximum Gasteiger partial charge on any atom is 0.321 e. The molecule has 0 spiro atoms. The van der Waals surface area contributed by atoms with Crippen molar-refractivity contribution >= 4 is 24.7 Å². The number of urea groups is 2. The number of carbonyl (C=O) groups is 2. The molecule has 2 fully saturated rings. The number of hydrogen-bond acceptors (Lipinski definition) is 3. The van der Waals surface area contributed by atoms with Gasteiger partial charge in [0.15, 0.2) is 11.3 Å². The first-order valence-electron chi connectivity index (χ1n) is 5.24. The zero-order valence-corrected chi connectivity index (χ0v) is 10.2. The lowest BCUT2D eigenvalue weighted by Gasteiger charge is -2.36. The van der Waals surface area contributed by atoms with Crippen molar-refractivity contribution in [1.82, 2.24) is 20.9 Å². The van der Waals surface area contributed by atoms with Crippen LogP contribution in [0.3, 0.4) is 0 Å². The average Bonchev–Trinajstić information content (AvgIpc) is 2.46. The maximum atomic E-state index is 11.8. The Bertz CT molecular complexity index is 350. The lowest BCUT2D eigenvalue weighted by Crippen LogP contribution is -2.63. The molecule has 2 aliphatic heterocycles. The zero-order valence-electron chi connectivity index (χ0n) is 9.33. The summed E-state index contributed by atoms with van der Waals surface area (Å²) >= 11 is 4.12. The molecule has 0 aliphatic carbocycles. The van der Waals surface area contributed by atoms with Crippen LogP contribution < -0.4 is 16.0 Å². The fraction of sp³-hybridized carbons (Fsp3) is 0.778. The summed E-state index contributed by atoms with van der Waals surface area (Å²) in [4.78, 5) is 24.8. The normalized spacial score (nSPS) is 36.8. The van der Waals surface area contributed by atoms with Crippen LogP contribution in [0, 0.1) is 0 Å². The number of rotatable bonds is 3. The number of nitrogens with zero attached hydrogens (tertiary/aromatic N) is 1. The fourth-order valence-electron chi connectivity index (χ4n) is 2.25. The van der Waals surface area contributed by atoms with Crippen LogP contribution in [0.4, 0.5) is 9.59 Å². The van der Waals surface area contributed by atoms with E-state index in [1.165, 1.54) is 0 Å². The van der Waals surface area contributed by atoms with E-state index in [2.05, 4.69) is 28.6 Å². The first-order valence-corrected chi connectivity index (χ1v) is 5.87. The Morgan fingerprint density at radius 1 is 1.25 bits per heavy atom. The molecule has 0 bridgehead atoms. The van der Waals surface area contributed by atoms with Crippen LogP contribution in [-0.2, 0) is 0 Å². The van der Waals surface area contributed by atoms with Crippen molar-refractivity contribution in [3.8, 4) is 0 Å². The van der Waals surface area contributed by atoms with E-state index in [4.69, 9.17) is 0 Å². The molecule has 2 saturated heterocycles. The molecular weight excluding hydrogens is 228 g/mol. The molecule has 16 heavy (non-hydrogen) atoms. The first-order chi connectivity index (χ1) is 7.43. The molecular formula is C9H16N4O2S. The number of nitrogens with one attached hydrogen (secondary N) is 3. The summed E-state index contributed by atoms with van der Waals surface area (Å²) in [6, 6.07) is -0.430. The second kappa shape index (κ2) is 3.44. The molecule has 0 aromatic heterocycles. The minimum Gasteiger partial charge on any atom is -0.312 e. The third-order valence-corrected chi connectivity index (χ3v) is 3.69. The first kappa shape index (κ1) is 11.4.